The van der Waals surface area contributed by atoms with E-state index in [1.54, 1.807) is 0 Å². The van der Waals surface area contributed by atoms with Crippen molar-refractivity contribution in [2.24, 2.45) is 5.41 Å². The summed E-state index contributed by atoms with van der Waals surface area (Å²) >= 11 is 0. The minimum atomic E-state index is -0.756. The predicted octanol–water partition coefficient (Wildman–Crippen LogP) is -0.371. The Morgan fingerprint density at radius 1 is 1.53 bits per heavy atom. The number of carbonyl (C=O) groups is 1. The number of ether oxygens (including phenoxy) is 1. The Balaban J connectivity index is 2.11. The van der Waals surface area contributed by atoms with Crippen LogP contribution >= 0.6 is 0 Å². The highest BCUT2D eigenvalue weighted by Gasteiger charge is 2.45. The Kier molecular flexibility index (Phi) is 4.50. The standard InChI is InChI=1S/C10H20N2O3/c1-12(2)5-3-4-11-6-10(9(13)14)7-15-8-10/h11H,3-8H2,1-2H3,(H,13,14). The highest BCUT2D eigenvalue weighted by molar-refractivity contribution is 5.76. The predicted molar refractivity (Wildman–Crippen MR) is 56.9 cm³/mol. The van der Waals surface area contributed by atoms with E-state index < -0.39 is 11.4 Å². The van der Waals surface area contributed by atoms with Gasteiger partial charge in [0, 0.05) is 6.54 Å². The quantitative estimate of drug-likeness (QED) is 0.569. The molecule has 1 heterocycles. The molecule has 0 radical (unpaired) electrons. The molecule has 5 nitrogen and oxygen atoms in total. The minimum Gasteiger partial charge on any atom is -0.481 e. The van der Waals surface area contributed by atoms with Crippen molar-refractivity contribution in [2.45, 2.75) is 6.42 Å². The van der Waals surface area contributed by atoms with E-state index in [-0.39, 0.29) is 0 Å². The van der Waals surface area contributed by atoms with Crippen molar-refractivity contribution in [1.29, 1.82) is 0 Å². The maximum atomic E-state index is 10.9. The number of nitrogens with zero attached hydrogens (tertiary/aromatic N) is 1. The lowest BCUT2D eigenvalue weighted by atomic mass is 9.86. The summed E-state index contributed by atoms with van der Waals surface area (Å²) < 4.78 is 4.97. The summed E-state index contributed by atoms with van der Waals surface area (Å²) in [6.07, 6.45) is 1.03. The SMILES string of the molecule is CN(C)CCCNCC1(C(=O)O)COC1. The summed E-state index contributed by atoms with van der Waals surface area (Å²) in [5.41, 5.74) is -0.669. The van der Waals surface area contributed by atoms with E-state index in [0.29, 0.717) is 19.8 Å². The van der Waals surface area contributed by atoms with Gasteiger partial charge in [-0.15, -0.1) is 0 Å². The maximum Gasteiger partial charge on any atom is 0.315 e. The van der Waals surface area contributed by atoms with Crippen molar-refractivity contribution in [3.63, 3.8) is 0 Å². The van der Waals surface area contributed by atoms with Gasteiger partial charge in [0.1, 0.15) is 5.41 Å². The van der Waals surface area contributed by atoms with E-state index in [4.69, 9.17) is 9.84 Å². The number of hydrogen-bond donors (Lipinski definition) is 2. The van der Waals surface area contributed by atoms with E-state index in [2.05, 4.69) is 10.2 Å². The van der Waals surface area contributed by atoms with Gasteiger partial charge in [-0.1, -0.05) is 0 Å². The first-order chi connectivity index (χ1) is 7.07. The Hall–Kier alpha value is -0.650. The molecular formula is C10H20N2O3. The molecule has 0 saturated carbocycles. The highest BCUT2D eigenvalue weighted by Crippen LogP contribution is 2.26. The number of carboxylic acid groups (broad SMARTS) is 1. The molecule has 0 spiro atoms. The average Bonchev–Trinajstić information content (AvgIpc) is 2.06. The van der Waals surface area contributed by atoms with Crippen molar-refractivity contribution in [3.05, 3.63) is 0 Å². The van der Waals surface area contributed by atoms with E-state index in [9.17, 15) is 4.79 Å². The molecule has 1 aliphatic rings. The molecule has 0 aromatic carbocycles. The molecule has 1 fully saturated rings. The second-order valence-electron chi connectivity index (χ2n) is 4.41. The zero-order valence-electron chi connectivity index (χ0n) is 9.45. The van der Waals surface area contributed by atoms with Gasteiger partial charge >= 0.3 is 5.97 Å². The van der Waals surface area contributed by atoms with Gasteiger partial charge in [-0.3, -0.25) is 4.79 Å². The molecule has 1 saturated heterocycles. The van der Waals surface area contributed by atoms with Crippen LogP contribution in [0.3, 0.4) is 0 Å². The monoisotopic (exact) mass is 216 g/mol. The number of rotatable bonds is 7. The molecule has 1 aliphatic heterocycles. The molecule has 88 valence electrons. The van der Waals surface area contributed by atoms with Gasteiger partial charge in [0.05, 0.1) is 13.2 Å². The van der Waals surface area contributed by atoms with Crippen LogP contribution < -0.4 is 5.32 Å². The van der Waals surface area contributed by atoms with Crippen LogP contribution in [0.4, 0.5) is 0 Å². The molecule has 1 rings (SSSR count). The fraction of sp³-hybridized carbons (Fsp3) is 0.900. The Morgan fingerprint density at radius 3 is 2.60 bits per heavy atom. The minimum absolute atomic E-state index is 0.336. The van der Waals surface area contributed by atoms with Gasteiger partial charge in [0.15, 0.2) is 0 Å². The summed E-state index contributed by atoms with van der Waals surface area (Å²) in [7, 11) is 4.05. The van der Waals surface area contributed by atoms with Gasteiger partial charge in [-0.05, 0) is 33.6 Å². The zero-order valence-corrected chi connectivity index (χ0v) is 9.45. The normalized spacial score (nSPS) is 18.9. The van der Waals surface area contributed by atoms with Crippen LogP contribution in [0.2, 0.25) is 0 Å². The fourth-order valence-electron chi connectivity index (χ4n) is 1.50. The average molecular weight is 216 g/mol. The molecule has 0 bridgehead atoms. The Bertz CT molecular complexity index is 215. The molecule has 15 heavy (non-hydrogen) atoms. The molecule has 5 heteroatoms. The van der Waals surface area contributed by atoms with Crippen LogP contribution in [0.5, 0.6) is 0 Å². The van der Waals surface area contributed by atoms with E-state index in [1.807, 2.05) is 14.1 Å². The molecule has 0 unspecified atom stereocenters. The van der Waals surface area contributed by atoms with Crippen LogP contribution in [0.1, 0.15) is 6.42 Å². The largest absolute Gasteiger partial charge is 0.481 e. The lowest BCUT2D eigenvalue weighted by molar-refractivity contribution is -0.178. The second kappa shape index (κ2) is 5.44. The third kappa shape index (κ3) is 3.44. The third-order valence-electron chi connectivity index (χ3n) is 2.63. The van der Waals surface area contributed by atoms with Crippen LogP contribution in [0.15, 0.2) is 0 Å². The number of nitrogens with one attached hydrogen (secondary N) is 1. The maximum absolute atomic E-state index is 10.9. The van der Waals surface area contributed by atoms with Crippen LogP contribution in [0.25, 0.3) is 0 Å². The second-order valence-corrected chi connectivity index (χ2v) is 4.41. The van der Waals surface area contributed by atoms with Gasteiger partial charge in [-0.25, -0.2) is 0 Å². The summed E-state index contributed by atoms with van der Waals surface area (Å²) in [5, 5.41) is 12.2. The van der Waals surface area contributed by atoms with Gasteiger partial charge in [-0.2, -0.15) is 0 Å². The lowest BCUT2D eigenvalue weighted by Gasteiger charge is -2.37. The van der Waals surface area contributed by atoms with Gasteiger partial charge < -0.3 is 20.1 Å². The van der Waals surface area contributed by atoms with Gasteiger partial charge in [0.25, 0.3) is 0 Å². The van der Waals surface area contributed by atoms with Crippen LogP contribution in [-0.2, 0) is 9.53 Å². The Labute approximate surface area is 90.4 Å². The summed E-state index contributed by atoms with van der Waals surface area (Å²) in [6.45, 7) is 3.05. The molecule has 2 N–H and O–H groups in total. The molecule has 0 aliphatic carbocycles. The van der Waals surface area contributed by atoms with E-state index >= 15 is 0 Å². The molecule has 0 aromatic heterocycles. The van der Waals surface area contributed by atoms with Crippen LogP contribution in [0, 0.1) is 5.41 Å². The van der Waals surface area contributed by atoms with Crippen molar-refractivity contribution in [3.8, 4) is 0 Å². The summed E-state index contributed by atoms with van der Waals surface area (Å²) in [6, 6.07) is 0. The highest BCUT2D eigenvalue weighted by atomic mass is 16.5. The first-order valence-electron chi connectivity index (χ1n) is 5.23. The molecule has 0 amide bonds. The third-order valence-corrected chi connectivity index (χ3v) is 2.63. The van der Waals surface area contributed by atoms with Crippen LogP contribution in [-0.4, -0.2) is 62.9 Å². The molecular weight excluding hydrogens is 196 g/mol. The first-order valence-corrected chi connectivity index (χ1v) is 5.23. The lowest BCUT2D eigenvalue weighted by Crippen LogP contribution is -2.55. The number of carboxylic acids is 1. The smallest absolute Gasteiger partial charge is 0.315 e. The van der Waals surface area contributed by atoms with Crippen molar-refractivity contribution < 1.29 is 14.6 Å². The van der Waals surface area contributed by atoms with E-state index in [1.165, 1.54) is 0 Å². The molecule has 0 atom stereocenters. The zero-order chi connectivity index (χ0) is 11.3. The summed E-state index contributed by atoms with van der Waals surface area (Å²) in [4.78, 5) is 13.1. The molecule has 0 aromatic rings. The van der Waals surface area contributed by atoms with Crippen molar-refractivity contribution >= 4 is 5.97 Å². The fourth-order valence-corrected chi connectivity index (χ4v) is 1.50. The first kappa shape index (κ1) is 12.4. The van der Waals surface area contributed by atoms with Gasteiger partial charge in [0.2, 0.25) is 0 Å². The number of hydrogen-bond acceptors (Lipinski definition) is 4. The topological polar surface area (TPSA) is 61.8 Å². The summed E-state index contributed by atoms with van der Waals surface area (Å²) in [5.74, 6) is -0.756. The Morgan fingerprint density at radius 2 is 2.20 bits per heavy atom. The van der Waals surface area contributed by atoms with Crippen molar-refractivity contribution in [2.75, 3.05) is 46.9 Å². The van der Waals surface area contributed by atoms with E-state index in [0.717, 1.165) is 19.5 Å². The van der Waals surface area contributed by atoms with Crippen molar-refractivity contribution in [1.82, 2.24) is 10.2 Å². The number of aliphatic carboxylic acids is 1.